The van der Waals surface area contributed by atoms with E-state index in [-0.39, 0.29) is 29.6 Å². The molecule has 0 aliphatic heterocycles. The normalized spacial score (nSPS) is 13.8. The van der Waals surface area contributed by atoms with Crippen molar-refractivity contribution in [1.29, 1.82) is 10.5 Å². The smallest absolute Gasteiger partial charge is 0.340 e. The van der Waals surface area contributed by atoms with Gasteiger partial charge in [0.1, 0.15) is 16.6 Å². The van der Waals surface area contributed by atoms with Crippen LogP contribution < -0.4 is 5.32 Å². The number of aryl methyl sites for hydroxylation is 1. The second kappa shape index (κ2) is 9.38. The van der Waals surface area contributed by atoms with Crippen molar-refractivity contribution in [3.8, 4) is 12.1 Å². The number of thioether (sulfide) groups is 1. The zero-order chi connectivity index (χ0) is 20.8. The van der Waals surface area contributed by atoms with Crippen molar-refractivity contribution in [1.82, 2.24) is 10.3 Å². The van der Waals surface area contributed by atoms with E-state index < -0.39 is 16.8 Å². The van der Waals surface area contributed by atoms with Crippen LogP contribution >= 0.6 is 11.8 Å². The molecule has 144 valence electrons. The molecular formula is C19H24N4O3S. The number of carbonyl (C=O) groups is 2. The van der Waals surface area contributed by atoms with E-state index in [0.29, 0.717) is 10.7 Å². The van der Waals surface area contributed by atoms with Crippen LogP contribution in [0.25, 0.3) is 0 Å². The van der Waals surface area contributed by atoms with Crippen LogP contribution in [-0.4, -0.2) is 34.3 Å². The number of amides is 1. The maximum absolute atomic E-state index is 12.5. The SMILES string of the molecule is CCOC(=O)c1cc(C#N)c(S[C@H](C)C(=O)N[C@](C)(C#N)C(C)C)nc1C. The van der Waals surface area contributed by atoms with Crippen molar-refractivity contribution in [2.75, 3.05) is 6.61 Å². The number of rotatable bonds is 7. The average molecular weight is 388 g/mol. The van der Waals surface area contributed by atoms with Crippen molar-refractivity contribution < 1.29 is 14.3 Å². The lowest BCUT2D eigenvalue weighted by molar-refractivity contribution is -0.121. The molecule has 0 aromatic carbocycles. The molecule has 0 unspecified atom stereocenters. The predicted molar refractivity (Wildman–Crippen MR) is 102 cm³/mol. The summed E-state index contributed by atoms with van der Waals surface area (Å²) in [6, 6.07) is 5.57. The minimum atomic E-state index is -0.985. The molecular weight excluding hydrogens is 364 g/mol. The molecule has 0 saturated carbocycles. The first-order valence-electron chi connectivity index (χ1n) is 8.58. The molecule has 1 heterocycles. The number of hydrogen-bond acceptors (Lipinski definition) is 7. The Labute approximate surface area is 164 Å². The highest BCUT2D eigenvalue weighted by atomic mass is 32.2. The maximum Gasteiger partial charge on any atom is 0.340 e. The highest BCUT2D eigenvalue weighted by Gasteiger charge is 2.32. The van der Waals surface area contributed by atoms with Gasteiger partial charge in [0.05, 0.1) is 34.7 Å². The summed E-state index contributed by atoms with van der Waals surface area (Å²) in [4.78, 5) is 28.8. The zero-order valence-corrected chi connectivity index (χ0v) is 17.2. The number of nitrogens with zero attached hydrogens (tertiary/aromatic N) is 3. The summed E-state index contributed by atoms with van der Waals surface area (Å²) in [6.45, 7) is 10.6. The van der Waals surface area contributed by atoms with Crippen LogP contribution in [0.3, 0.4) is 0 Å². The average Bonchev–Trinajstić information content (AvgIpc) is 2.61. The van der Waals surface area contributed by atoms with Crippen LogP contribution in [0.4, 0.5) is 0 Å². The Morgan fingerprint density at radius 2 is 2.00 bits per heavy atom. The summed E-state index contributed by atoms with van der Waals surface area (Å²) < 4.78 is 4.97. The third kappa shape index (κ3) is 5.45. The number of pyridine rings is 1. The van der Waals surface area contributed by atoms with E-state index in [2.05, 4.69) is 16.4 Å². The van der Waals surface area contributed by atoms with Gasteiger partial charge in [0, 0.05) is 0 Å². The molecule has 2 atom stereocenters. The van der Waals surface area contributed by atoms with E-state index in [1.807, 2.05) is 19.9 Å². The summed E-state index contributed by atoms with van der Waals surface area (Å²) in [6.07, 6.45) is 0. The largest absolute Gasteiger partial charge is 0.462 e. The van der Waals surface area contributed by atoms with E-state index in [9.17, 15) is 20.1 Å². The van der Waals surface area contributed by atoms with Crippen LogP contribution in [0.1, 0.15) is 56.2 Å². The second-order valence-electron chi connectivity index (χ2n) is 6.52. The van der Waals surface area contributed by atoms with Crippen LogP contribution in [0.5, 0.6) is 0 Å². The Kier molecular flexibility index (Phi) is 7.81. The lowest BCUT2D eigenvalue weighted by Gasteiger charge is -2.28. The van der Waals surface area contributed by atoms with E-state index in [0.717, 1.165) is 11.8 Å². The molecule has 7 nitrogen and oxygen atoms in total. The van der Waals surface area contributed by atoms with Crippen LogP contribution in [0.2, 0.25) is 0 Å². The van der Waals surface area contributed by atoms with Crippen molar-refractivity contribution in [3.05, 3.63) is 22.9 Å². The summed E-state index contributed by atoms with van der Waals surface area (Å²) in [5.74, 6) is -0.929. The quantitative estimate of drug-likeness (QED) is 0.564. The van der Waals surface area contributed by atoms with Crippen molar-refractivity contribution in [3.63, 3.8) is 0 Å². The number of nitriles is 2. The first-order valence-corrected chi connectivity index (χ1v) is 9.46. The number of carbonyl (C=O) groups excluding carboxylic acids is 2. The topological polar surface area (TPSA) is 116 Å². The maximum atomic E-state index is 12.5. The molecule has 0 radical (unpaired) electrons. The molecule has 0 saturated heterocycles. The number of aromatic nitrogens is 1. The van der Waals surface area contributed by atoms with Gasteiger partial charge < -0.3 is 10.1 Å². The summed E-state index contributed by atoms with van der Waals surface area (Å²) >= 11 is 1.11. The van der Waals surface area contributed by atoms with E-state index in [4.69, 9.17) is 4.74 Å². The molecule has 0 aliphatic carbocycles. The number of ether oxygens (including phenoxy) is 1. The van der Waals surface area contributed by atoms with Gasteiger partial charge in [0.15, 0.2) is 0 Å². The van der Waals surface area contributed by atoms with Crippen molar-refractivity contribution in [2.45, 2.75) is 57.4 Å². The number of esters is 1. The molecule has 1 aromatic heterocycles. The van der Waals surface area contributed by atoms with Gasteiger partial charge in [-0.25, -0.2) is 9.78 Å². The lowest BCUT2D eigenvalue weighted by atomic mass is 9.90. The van der Waals surface area contributed by atoms with E-state index in [1.165, 1.54) is 6.07 Å². The van der Waals surface area contributed by atoms with Gasteiger partial charge in [-0.15, -0.1) is 0 Å². The monoisotopic (exact) mass is 388 g/mol. The van der Waals surface area contributed by atoms with Crippen LogP contribution in [0.15, 0.2) is 11.1 Å². The zero-order valence-electron chi connectivity index (χ0n) is 16.4. The highest BCUT2D eigenvalue weighted by Crippen LogP contribution is 2.28. The van der Waals surface area contributed by atoms with Crippen LogP contribution in [-0.2, 0) is 9.53 Å². The first-order chi connectivity index (χ1) is 12.6. The predicted octanol–water partition coefficient (Wildman–Crippen LogP) is 2.97. The molecule has 0 spiro atoms. The van der Waals surface area contributed by atoms with Crippen molar-refractivity contribution >= 4 is 23.6 Å². The molecule has 27 heavy (non-hydrogen) atoms. The van der Waals surface area contributed by atoms with Gasteiger partial charge in [-0.3, -0.25) is 4.79 Å². The van der Waals surface area contributed by atoms with Gasteiger partial charge in [-0.2, -0.15) is 10.5 Å². The summed E-state index contributed by atoms with van der Waals surface area (Å²) in [7, 11) is 0. The standard InChI is InChI=1S/C19H24N4O3S/c1-7-26-18(25)15-8-14(9-20)17(22-12(15)4)27-13(5)16(24)23-19(6,10-21)11(2)3/h8,11,13H,7H2,1-6H3,(H,23,24)/t13-,19-/m1/s1. The fraction of sp³-hybridized carbons (Fsp3) is 0.526. The Hall–Kier alpha value is -2.58. The fourth-order valence-corrected chi connectivity index (χ4v) is 2.97. The molecule has 8 heteroatoms. The molecule has 1 N–H and O–H groups in total. The second-order valence-corrected chi connectivity index (χ2v) is 7.85. The molecule has 0 aliphatic rings. The third-order valence-corrected chi connectivity index (χ3v) is 5.32. The number of hydrogen-bond donors (Lipinski definition) is 1. The fourth-order valence-electron chi connectivity index (χ4n) is 2.05. The van der Waals surface area contributed by atoms with Crippen LogP contribution in [0, 0.1) is 35.5 Å². The van der Waals surface area contributed by atoms with Gasteiger partial charge in [-0.05, 0) is 39.7 Å². The molecule has 0 bridgehead atoms. The third-order valence-electron chi connectivity index (χ3n) is 4.22. The Morgan fingerprint density at radius 3 is 2.48 bits per heavy atom. The first kappa shape index (κ1) is 22.5. The summed E-state index contributed by atoms with van der Waals surface area (Å²) in [5, 5.41) is 21.3. The summed E-state index contributed by atoms with van der Waals surface area (Å²) in [5.41, 5.74) is -0.139. The van der Waals surface area contributed by atoms with Gasteiger partial charge in [-0.1, -0.05) is 25.6 Å². The van der Waals surface area contributed by atoms with Gasteiger partial charge in [0.2, 0.25) is 5.91 Å². The molecule has 1 aromatic rings. The Balaban J connectivity index is 3.06. The minimum absolute atomic E-state index is 0.0671. The molecule has 1 rings (SSSR count). The Morgan fingerprint density at radius 1 is 1.37 bits per heavy atom. The van der Waals surface area contributed by atoms with Gasteiger partial charge in [0.25, 0.3) is 0 Å². The number of nitrogens with one attached hydrogen (secondary N) is 1. The molecule has 1 amide bonds. The van der Waals surface area contributed by atoms with E-state index in [1.54, 1.807) is 27.7 Å². The Bertz CT molecular complexity index is 810. The minimum Gasteiger partial charge on any atom is -0.462 e. The lowest BCUT2D eigenvalue weighted by Crippen LogP contribution is -2.51. The highest BCUT2D eigenvalue weighted by molar-refractivity contribution is 8.00. The molecule has 0 fully saturated rings. The van der Waals surface area contributed by atoms with Crippen molar-refractivity contribution in [2.24, 2.45) is 5.92 Å². The van der Waals surface area contributed by atoms with Gasteiger partial charge >= 0.3 is 5.97 Å². The van der Waals surface area contributed by atoms with E-state index >= 15 is 0 Å².